The smallest absolute Gasteiger partial charge is 0.267 e. The van der Waals surface area contributed by atoms with Crippen LogP contribution in [0.5, 0.6) is 0 Å². The number of hydrogen-bond donors (Lipinski definition) is 2. The Morgan fingerprint density at radius 1 is 0.724 bits per heavy atom. The SMILES string of the molecule is O=C(NNC(=O)C(F)(OC(F)(F)C(F)(F)C(F)(F)F)C(F)(F)F)c1ccccc1. The lowest BCUT2D eigenvalue weighted by atomic mass is 10.2. The van der Waals surface area contributed by atoms with Crippen LogP contribution >= 0.6 is 0 Å². The first-order valence-corrected chi connectivity index (χ1v) is 6.81. The van der Waals surface area contributed by atoms with Crippen molar-refractivity contribution in [3.8, 4) is 0 Å². The van der Waals surface area contributed by atoms with Gasteiger partial charge in [-0.25, -0.2) is 0 Å². The van der Waals surface area contributed by atoms with Crippen molar-refractivity contribution >= 4 is 11.8 Å². The molecule has 0 heterocycles. The molecule has 5 nitrogen and oxygen atoms in total. The van der Waals surface area contributed by atoms with E-state index in [1.54, 1.807) is 0 Å². The standard InChI is InChI=1S/C13H7F11N2O3/c14-9(11(17,18)19,29-13(23,24)10(15,16)12(20,21)22)8(28)26-25-7(27)6-4-2-1-3-5-6/h1-5H,(H,25,27)(H,26,28). The lowest BCUT2D eigenvalue weighted by molar-refractivity contribution is -0.473. The zero-order chi connectivity index (χ0) is 22.9. The van der Waals surface area contributed by atoms with Crippen LogP contribution < -0.4 is 10.9 Å². The van der Waals surface area contributed by atoms with Gasteiger partial charge in [0, 0.05) is 5.56 Å². The Balaban J connectivity index is 3.12. The molecule has 0 aromatic heterocycles. The van der Waals surface area contributed by atoms with Gasteiger partial charge in [-0.1, -0.05) is 18.2 Å². The molecule has 1 aromatic rings. The molecule has 164 valence electrons. The largest absolute Gasteiger partial charge is 0.462 e. The van der Waals surface area contributed by atoms with Crippen LogP contribution in [-0.2, 0) is 9.53 Å². The van der Waals surface area contributed by atoms with E-state index in [4.69, 9.17) is 0 Å². The molecule has 0 radical (unpaired) electrons. The maximum absolute atomic E-state index is 13.9. The Hall–Kier alpha value is -2.65. The molecule has 0 saturated carbocycles. The zero-order valence-electron chi connectivity index (χ0n) is 13.3. The summed E-state index contributed by atoms with van der Waals surface area (Å²) in [5.41, 5.74) is 1.39. The molecule has 1 aromatic carbocycles. The second-order valence-electron chi connectivity index (χ2n) is 5.06. The van der Waals surface area contributed by atoms with E-state index in [1.807, 2.05) is 4.74 Å². The molecule has 2 N–H and O–H groups in total. The number of rotatable bonds is 5. The number of alkyl halides is 11. The highest BCUT2D eigenvalue weighted by atomic mass is 19.4. The third-order valence-corrected chi connectivity index (χ3v) is 2.97. The fraction of sp³-hybridized carbons (Fsp3) is 0.385. The normalized spacial score (nSPS) is 15.4. The van der Waals surface area contributed by atoms with Crippen LogP contribution in [0.3, 0.4) is 0 Å². The number of amides is 2. The van der Waals surface area contributed by atoms with Crippen LogP contribution in [0.4, 0.5) is 48.3 Å². The Labute approximate surface area is 152 Å². The molecule has 1 rings (SSSR count). The highest BCUT2D eigenvalue weighted by molar-refractivity contribution is 5.96. The molecule has 2 amide bonds. The van der Waals surface area contributed by atoms with Gasteiger partial charge < -0.3 is 0 Å². The van der Waals surface area contributed by atoms with Crippen molar-refractivity contribution in [3.05, 3.63) is 35.9 Å². The van der Waals surface area contributed by atoms with Crippen molar-refractivity contribution in [1.82, 2.24) is 10.9 Å². The van der Waals surface area contributed by atoms with Crippen molar-refractivity contribution in [1.29, 1.82) is 0 Å². The van der Waals surface area contributed by atoms with E-state index < -0.39 is 42.1 Å². The monoisotopic (exact) mass is 448 g/mol. The summed E-state index contributed by atoms with van der Waals surface area (Å²) in [5.74, 6) is -18.5. The molecular formula is C13H7F11N2O3. The number of hydrogen-bond acceptors (Lipinski definition) is 3. The molecule has 1 unspecified atom stereocenters. The fourth-order valence-corrected chi connectivity index (χ4v) is 1.49. The van der Waals surface area contributed by atoms with Gasteiger partial charge in [-0.05, 0) is 12.1 Å². The molecule has 0 aliphatic carbocycles. The summed E-state index contributed by atoms with van der Waals surface area (Å²) in [7, 11) is 0. The van der Waals surface area contributed by atoms with Crippen LogP contribution in [0.25, 0.3) is 0 Å². The van der Waals surface area contributed by atoms with E-state index >= 15 is 0 Å². The first-order valence-electron chi connectivity index (χ1n) is 6.81. The average Bonchev–Trinajstić information content (AvgIpc) is 2.57. The number of ether oxygens (including phenoxy) is 1. The third-order valence-electron chi connectivity index (χ3n) is 2.97. The van der Waals surface area contributed by atoms with Crippen molar-refractivity contribution in [2.75, 3.05) is 0 Å². The molecule has 0 aliphatic heterocycles. The third kappa shape index (κ3) is 4.86. The molecule has 0 spiro atoms. The topological polar surface area (TPSA) is 67.4 Å². The van der Waals surface area contributed by atoms with Gasteiger partial charge in [-0.3, -0.25) is 25.2 Å². The Kier molecular flexibility index (Phi) is 6.43. The van der Waals surface area contributed by atoms with Gasteiger partial charge in [-0.2, -0.15) is 48.3 Å². The van der Waals surface area contributed by atoms with Gasteiger partial charge in [0.2, 0.25) is 0 Å². The number of halogens is 11. The van der Waals surface area contributed by atoms with E-state index in [2.05, 4.69) is 0 Å². The molecule has 16 heteroatoms. The van der Waals surface area contributed by atoms with Crippen LogP contribution in [0.2, 0.25) is 0 Å². The summed E-state index contributed by atoms with van der Waals surface area (Å²) in [6, 6.07) is 5.90. The summed E-state index contributed by atoms with van der Waals surface area (Å²) in [5, 5.41) is 0. The van der Waals surface area contributed by atoms with Gasteiger partial charge in [0.05, 0.1) is 0 Å². The second-order valence-corrected chi connectivity index (χ2v) is 5.06. The van der Waals surface area contributed by atoms with Gasteiger partial charge in [0.15, 0.2) is 0 Å². The van der Waals surface area contributed by atoms with Gasteiger partial charge in [0.1, 0.15) is 0 Å². The molecule has 0 fully saturated rings. The van der Waals surface area contributed by atoms with Crippen LogP contribution in [0.1, 0.15) is 10.4 Å². The highest BCUT2D eigenvalue weighted by Crippen LogP contribution is 2.50. The van der Waals surface area contributed by atoms with Crippen LogP contribution in [-0.4, -0.2) is 42.1 Å². The number of hydrazine groups is 1. The Bertz CT molecular complexity index is 749. The van der Waals surface area contributed by atoms with Crippen molar-refractivity contribution in [2.24, 2.45) is 0 Å². The predicted octanol–water partition coefficient (Wildman–Crippen LogP) is 3.48. The van der Waals surface area contributed by atoms with Crippen LogP contribution in [0, 0.1) is 0 Å². The molecule has 0 bridgehead atoms. The summed E-state index contributed by atoms with van der Waals surface area (Å²) >= 11 is 0. The Morgan fingerprint density at radius 2 is 1.21 bits per heavy atom. The minimum Gasteiger partial charge on any atom is -0.267 e. The number of benzene rings is 1. The lowest BCUT2D eigenvalue weighted by Gasteiger charge is -2.34. The van der Waals surface area contributed by atoms with E-state index in [0.717, 1.165) is 17.6 Å². The van der Waals surface area contributed by atoms with E-state index in [0.29, 0.717) is 5.43 Å². The van der Waals surface area contributed by atoms with Crippen molar-refractivity contribution in [2.45, 2.75) is 30.2 Å². The van der Waals surface area contributed by atoms with Gasteiger partial charge >= 0.3 is 36.1 Å². The van der Waals surface area contributed by atoms with E-state index in [9.17, 15) is 57.9 Å². The lowest BCUT2D eigenvalue weighted by Crippen LogP contribution is -2.65. The predicted molar refractivity (Wildman–Crippen MR) is 69.0 cm³/mol. The average molecular weight is 448 g/mol. The van der Waals surface area contributed by atoms with Gasteiger partial charge in [0.25, 0.3) is 5.91 Å². The van der Waals surface area contributed by atoms with Crippen LogP contribution in [0.15, 0.2) is 30.3 Å². The first-order chi connectivity index (χ1) is 12.9. The summed E-state index contributed by atoms with van der Waals surface area (Å²) < 4.78 is 141. The fourth-order valence-electron chi connectivity index (χ4n) is 1.49. The number of nitrogens with one attached hydrogen (secondary N) is 2. The van der Waals surface area contributed by atoms with Crippen molar-refractivity contribution < 1.29 is 62.6 Å². The minimum absolute atomic E-state index is 0.348. The number of carbonyl (C=O) groups excluding carboxylic acids is 2. The van der Waals surface area contributed by atoms with E-state index in [1.165, 1.54) is 18.2 Å². The molecule has 0 aliphatic rings. The van der Waals surface area contributed by atoms with Crippen molar-refractivity contribution in [3.63, 3.8) is 0 Å². The summed E-state index contributed by atoms with van der Waals surface area (Å²) in [4.78, 5) is 22.8. The zero-order valence-corrected chi connectivity index (χ0v) is 13.3. The maximum Gasteiger partial charge on any atom is 0.462 e. The second kappa shape index (κ2) is 7.64. The van der Waals surface area contributed by atoms with E-state index in [-0.39, 0.29) is 5.56 Å². The molecular weight excluding hydrogens is 441 g/mol. The van der Waals surface area contributed by atoms with Gasteiger partial charge in [-0.15, -0.1) is 0 Å². The quantitative estimate of drug-likeness (QED) is 0.536. The maximum atomic E-state index is 13.9. The highest BCUT2D eigenvalue weighted by Gasteiger charge is 2.79. The molecule has 1 atom stereocenters. The molecule has 29 heavy (non-hydrogen) atoms. The summed E-state index contributed by atoms with van der Waals surface area (Å²) in [6.45, 7) is 0. The minimum atomic E-state index is -7.31. The summed E-state index contributed by atoms with van der Waals surface area (Å²) in [6.07, 6.45) is -21.2. The number of carbonyl (C=O) groups is 2. The Morgan fingerprint density at radius 3 is 1.62 bits per heavy atom. The molecule has 0 saturated heterocycles. The first kappa shape index (κ1) is 24.4.